The molecule has 0 N–H and O–H groups in total. The lowest BCUT2D eigenvalue weighted by Gasteiger charge is -2.35. The van der Waals surface area contributed by atoms with Gasteiger partial charge in [-0.25, -0.2) is 12.8 Å². The standard InChI is InChI=1S/C20H27FN4O3S/c1-15(2)25(14-16-12-22-23(3)13-16)20(26)17-8-10-24(11-9-17)29(27,28)19-6-4-18(21)5-7-19/h4-7,12-13,15,17H,8-11,14H2,1-3H3. The van der Waals surface area contributed by atoms with Gasteiger partial charge in [0.25, 0.3) is 0 Å². The maximum Gasteiger partial charge on any atom is 0.243 e. The molecule has 1 aromatic carbocycles. The van der Waals surface area contributed by atoms with Crippen molar-refractivity contribution < 1.29 is 17.6 Å². The predicted molar refractivity (Wildman–Crippen MR) is 107 cm³/mol. The quantitative estimate of drug-likeness (QED) is 0.716. The molecule has 1 fully saturated rings. The first kappa shape index (κ1) is 21.4. The molecule has 3 rings (SSSR count). The zero-order valence-electron chi connectivity index (χ0n) is 17.0. The molecule has 0 unspecified atom stereocenters. The van der Waals surface area contributed by atoms with Gasteiger partial charge in [-0.3, -0.25) is 9.48 Å². The summed E-state index contributed by atoms with van der Waals surface area (Å²) in [6.07, 6.45) is 4.58. The van der Waals surface area contributed by atoms with Crippen LogP contribution in [0.1, 0.15) is 32.3 Å². The first-order valence-electron chi connectivity index (χ1n) is 9.72. The van der Waals surface area contributed by atoms with Gasteiger partial charge < -0.3 is 4.90 Å². The number of halogens is 1. The summed E-state index contributed by atoms with van der Waals surface area (Å²) >= 11 is 0. The summed E-state index contributed by atoms with van der Waals surface area (Å²) in [7, 11) is -1.84. The lowest BCUT2D eigenvalue weighted by Crippen LogP contribution is -2.46. The van der Waals surface area contributed by atoms with Crippen molar-refractivity contribution in [1.82, 2.24) is 19.0 Å². The summed E-state index contributed by atoms with van der Waals surface area (Å²) < 4.78 is 41.7. The summed E-state index contributed by atoms with van der Waals surface area (Å²) in [6, 6.07) is 4.86. The number of hydrogen-bond donors (Lipinski definition) is 0. The van der Waals surface area contributed by atoms with Crippen LogP contribution in [0.4, 0.5) is 4.39 Å². The highest BCUT2D eigenvalue weighted by atomic mass is 32.2. The van der Waals surface area contributed by atoms with Crippen LogP contribution in [0.2, 0.25) is 0 Å². The van der Waals surface area contributed by atoms with Crippen LogP contribution in [0, 0.1) is 11.7 Å². The van der Waals surface area contributed by atoms with Gasteiger partial charge in [0, 0.05) is 50.4 Å². The van der Waals surface area contributed by atoms with Gasteiger partial charge in [-0.1, -0.05) is 0 Å². The van der Waals surface area contributed by atoms with Gasteiger partial charge in [0.05, 0.1) is 11.1 Å². The fourth-order valence-electron chi connectivity index (χ4n) is 3.60. The van der Waals surface area contributed by atoms with Crippen molar-refractivity contribution in [3.63, 3.8) is 0 Å². The van der Waals surface area contributed by atoms with E-state index in [1.807, 2.05) is 32.0 Å². The van der Waals surface area contributed by atoms with Crippen LogP contribution in [0.25, 0.3) is 0 Å². The van der Waals surface area contributed by atoms with Crippen molar-refractivity contribution >= 4 is 15.9 Å². The lowest BCUT2D eigenvalue weighted by atomic mass is 9.96. The molecule has 2 heterocycles. The van der Waals surface area contributed by atoms with Crippen LogP contribution >= 0.6 is 0 Å². The average molecular weight is 423 g/mol. The SMILES string of the molecule is CC(C)N(Cc1cnn(C)c1)C(=O)C1CCN(S(=O)(=O)c2ccc(F)cc2)CC1. The number of aryl methyl sites for hydroxylation is 1. The Labute approximate surface area is 171 Å². The molecule has 1 aromatic heterocycles. The Hall–Kier alpha value is -2.26. The van der Waals surface area contributed by atoms with E-state index in [0.29, 0.717) is 19.4 Å². The second-order valence-corrected chi connectivity index (χ2v) is 9.65. The minimum Gasteiger partial charge on any atom is -0.336 e. The number of carbonyl (C=O) groups is 1. The smallest absolute Gasteiger partial charge is 0.243 e. The summed E-state index contributed by atoms with van der Waals surface area (Å²) in [5.74, 6) is -0.646. The number of nitrogens with zero attached hydrogens (tertiary/aromatic N) is 4. The highest BCUT2D eigenvalue weighted by Gasteiger charge is 2.34. The van der Waals surface area contributed by atoms with Gasteiger partial charge in [-0.2, -0.15) is 9.40 Å². The van der Waals surface area contributed by atoms with Crippen LogP contribution < -0.4 is 0 Å². The van der Waals surface area contributed by atoms with Gasteiger partial charge in [0.2, 0.25) is 15.9 Å². The van der Waals surface area contributed by atoms with Gasteiger partial charge >= 0.3 is 0 Å². The monoisotopic (exact) mass is 422 g/mol. The second kappa shape index (κ2) is 8.62. The minimum absolute atomic E-state index is 0.0312. The average Bonchev–Trinajstić information content (AvgIpc) is 3.11. The molecule has 0 atom stereocenters. The second-order valence-electron chi connectivity index (χ2n) is 7.71. The van der Waals surface area contributed by atoms with Crippen molar-refractivity contribution in [3.8, 4) is 0 Å². The summed E-state index contributed by atoms with van der Waals surface area (Å²) in [4.78, 5) is 15.0. The number of sulfonamides is 1. The van der Waals surface area contributed by atoms with Gasteiger partial charge in [0.1, 0.15) is 5.82 Å². The minimum atomic E-state index is -3.68. The Morgan fingerprint density at radius 2 is 1.86 bits per heavy atom. The van der Waals surface area contributed by atoms with Crippen LogP contribution in [0.15, 0.2) is 41.6 Å². The molecule has 0 saturated carbocycles. The Kier molecular flexibility index (Phi) is 6.38. The molecule has 29 heavy (non-hydrogen) atoms. The molecule has 0 spiro atoms. The van der Waals surface area contributed by atoms with E-state index in [4.69, 9.17) is 0 Å². The highest BCUT2D eigenvalue weighted by Crippen LogP contribution is 2.26. The van der Waals surface area contributed by atoms with E-state index < -0.39 is 15.8 Å². The third kappa shape index (κ3) is 4.84. The molecule has 7 nitrogen and oxygen atoms in total. The molecule has 0 radical (unpaired) electrons. The Morgan fingerprint density at radius 1 is 1.24 bits per heavy atom. The van der Waals surface area contributed by atoms with Crippen molar-refractivity contribution in [3.05, 3.63) is 48.0 Å². The molecule has 0 aliphatic carbocycles. The number of benzene rings is 1. The van der Waals surface area contributed by atoms with Crippen LogP contribution in [-0.2, 0) is 28.4 Å². The van der Waals surface area contributed by atoms with E-state index in [2.05, 4.69) is 5.10 Å². The van der Waals surface area contributed by atoms with Gasteiger partial charge in [-0.05, 0) is 51.0 Å². The maximum absolute atomic E-state index is 13.1. The normalized spacial score (nSPS) is 16.3. The first-order chi connectivity index (χ1) is 13.7. The van der Waals surface area contributed by atoms with Crippen molar-refractivity contribution in [1.29, 1.82) is 0 Å². The van der Waals surface area contributed by atoms with E-state index in [1.54, 1.807) is 10.9 Å². The van der Waals surface area contributed by atoms with Gasteiger partial charge in [-0.15, -0.1) is 0 Å². The van der Waals surface area contributed by atoms with Crippen molar-refractivity contribution in [2.24, 2.45) is 13.0 Å². The van der Waals surface area contributed by atoms with Crippen LogP contribution in [0.3, 0.4) is 0 Å². The topological polar surface area (TPSA) is 75.5 Å². The number of rotatable bonds is 6. The Morgan fingerprint density at radius 3 is 2.38 bits per heavy atom. The number of aromatic nitrogens is 2. The van der Waals surface area contributed by atoms with E-state index >= 15 is 0 Å². The summed E-state index contributed by atoms with van der Waals surface area (Å²) in [6.45, 7) is 4.98. The first-order valence-corrected chi connectivity index (χ1v) is 11.2. The largest absolute Gasteiger partial charge is 0.336 e. The van der Waals surface area contributed by atoms with Crippen LogP contribution in [0.5, 0.6) is 0 Å². The van der Waals surface area contributed by atoms with E-state index in [-0.39, 0.29) is 35.9 Å². The number of hydrogen-bond acceptors (Lipinski definition) is 4. The molecule has 1 saturated heterocycles. The zero-order valence-corrected chi connectivity index (χ0v) is 17.8. The van der Waals surface area contributed by atoms with Crippen LogP contribution in [-0.4, -0.2) is 52.4 Å². The Balaban J connectivity index is 1.65. The van der Waals surface area contributed by atoms with Crippen molar-refractivity contribution in [2.75, 3.05) is 13.1 Å². The molecule has 1 aliphatic rings. The molecule has 2 aromatic rings. The lowest BCUT2D eigenvalue weighted by molar-refractivity contribution is -0.139. The summed E-state index contributed by atoms with van der Waals surface area (Å²) in [5.41, 5.74) is 0.964. The molecular weight excluding hydrogens is 395 g/mol. The molecule has 1 aliphatic heterocycles. The van der Waals surface area contributed by atoms with E-state index in [9.17, 15) is 17.6 Å². The molecule has 9 heteroatoms. The fourth-order valence-corrected chi connectivity index (χ4v) is 5.07. The molecular formula is C20H27FN4O3S. The van der Waals surface area contributed by atoms with Gasteiger partial charge in [0.15, 0.2) is 0 Å². The van der Waals surface area contributed by atoms with E-state index in [0.717, 1.165) is 17.7 Å². The third-order valence-corrected chi connectivity index (χ3v) is 7.19. The number of carbonyl (C=O) groups excluding carboxylic acids is 1. The van der Waals surface area contributed by atoms with Crippen molar-refractivity contribution in [2.45, 2.75) is 44.2 Å². The number of piperidine rings is 1. The zero-order chi connectivity index (χ0) is 21.2. The Bertz CT molecular complexity index is 948. The fraction of sp³-hybridized carbons (Fsp3) is 0.500. The molecule has 158 valence electrons. The maximum atomic E-state index is 13.1. The molecule has 1 amide bonds. The third-order valence-electron chi connectivity index (χ3n) is 5.27. The molecule has 0 bridgehead atoms. The summed E-state index contributed by atoms with van der Waals surface area (Å²) in [5, 5.41) is 4.15. The number of amides is 1. The predicted octanol–water partition coefficient (Wildman–Crippen LogP) is 2.40. The highest BCUT2D eigenvalue weighted by molar-refractivity contribution is 7.89. The van der Waals surface area contributed by atoms with E-state index in [1.165, 1.54) is 16.4 Å².